The van der Waals surface area contributed by atoms with Crippen molar-refractivity contribution in [3.8, 4) is 11.3 Å². The SMILES string of the molecule is NCC1CCC(C(=O)N[C@@H](Cc2ccccc2)c2nc(-c3ccc(C(N)=O)cc3)c(Cl)[nH]2)CC1.O=C(O)C(F)(F)F. The van der Waals surface area contributed by atoms with Crippen LogP contribution >= 0.6 is 11.6 Å². The van der Waals surface area contributed by atoms with Gasteiger partial charge in [-0.2, -0.15) is 13.2 Å². The van der Waals surface area contributed by atoms with E-state index in [9.17, 15) is 22.8 Å². The maximum absolute atomic E-state index is 13.2. The van der Waals surface area contributed by atoms with Gasteiger partial charge in [-0.1, -0.05) is 54.1 Å². The van der Waals surface area contributed by atoms with Gasteiger partial charge >= 0.3 is 12.1 Å². The fraction of sp³-hybridized carbons (Fsp3) is 0.357. The number of alkyl halides is 3. The summed E-state index contributed by atoms with van der Waals surface area (Å²) in [7, 11) is 0. The van der Waals surface area contributed by atoms with Crippen molar-refractivity contribution in [3.63, 3.8) is 0 Å². The van der Waals surface area contributed by atoms with Gasteiger partial charge in [0.05, 0.1) is 6.04 Å². The number of rotatable bonds is 8. The van der Waals surface area contributed by atoms with E-state index in [0.717, 1.165) is 36.8 Å². The molecule has 1 fully saturated rings. The highest BCUT2D eigenvalue weighted by Gasteiger charge is 2.38. The molecule has 220 valence electrons. The Hall–Kier alpha value is -3.90. The van der Waals surface area contributed by atoms with Crippen molar-refractivity contribution in [1.82, 2.24) is 15.3 Å². The second-order valence-electron chi connectivity index (χ2n) is 9.73. The Bertz CT molecular complexity index is 1320. The summed E-state index contributed by atoms with van der Waals surface area (Å²) < 4.78 is 31.7. The van der Waals surface area contributed by atoms with Gasteiger partial charge in [0.1, 0.15) is 16.7 Å². The number of aromatic amines is 1. The standard InChI is InChI=1S/C26H30ClN5O2.C2HF3O2/c27-23-22(18-10-12-19(13-11-18)24(29)33)31-25(32-23)21(14-16-4-2-1-3-5-16)30-26(34)20-8-6-17(15-28)7-9-20;3-2(4,5)1(6)7/h1-5,10-13,17,20-21H,6-9,14-15,28H2,(H2,29,33)(H,30,34)(H,31,32);(H,6,7)/t17?,20?,21-;/m0./s1. The Morgan fingerprint density at radius 2 is 1.63 bits per heavy atom. The lowest BCUT2D eigenvalue weighted by Gasteiger charge is -2.28. The lowest BCUT2D eigenvalue weighted by molar-refractivity contribution is -0.192. The smallest absolute Gasteiger partial charge is 0.475 e. The van der Waals surface area contributed by atoms with Gasteiger partial charge in [0.2, 0.25) is 11.8 Å². The Kier molecular flexibility index (Phi) is 10.9. The molecule has 1 aliphatic rings. The molecule has 0 bridgehead atoms. The van der Waals surface area contributed by atoms with E-state index in [-0.39, 0.29) is 17.9 Å². The molecule has 0 saturated heterocycles. The van der Waals surface area contributed by atoms with Crippen LogP contribution in [0.15, 0.2) is 54.6 Å². The molecule has 0 spiro atoms. The number of hydrogen-bond acceptors (Lipinski definition) is 5. The lowest BCUT2D eigenvalue weighted by atomic mass is 9.81. The number of carbonyl (C=O) groups excluding carboxylic acids is 2. The number of halogens is 4. The van der Waals surface area contributed by atoms with Gasteiger partial charge in [0, 0.05) is 17.0 Å². The average molecular weight is 594 g/mol. The fourth-order valence-electron chi connectivity index (χ4n) is 4.53. The number of carbonyl (C=O) groups is 3. The maximum Gasteiger partial charge on any atom is 0.490 e. The van der Waals surface area contributed by atoms with E-state index in [2.05, 4.69) is 10.3 Å². The van der Waals surface area contributed by atoms with Crippen LogP contribution in [-0.2, 0) is 16.0 Å². The molecule has 3 aromatic rings. The summed E-state index contributed by atoms with van der Waals surface area (Å²) in [6.07, 6.45) is -0.842. The second kappa shape index (κ2) is 14.1. The number of carboxylic acid groups (broad SMARTS) is 1. The Balaban J connectivity index is 0.000000587. The van der Waals surface area contributed by atoms with Gasteiger partial charge in [0.25, 0.3) is 0 Å². The number of H-pyrrole nitrogens is 1. The summed E-state index contributed by atoms with van der Waals surface area (Å²) in [4.78, 5) is 41.3. The van der Waals surface area contributed by atoms with Gasteiger partial charge in [0.15, 0.2) is 0 Å². The molecule has 7 N–H and O–H groups in total. The van der Waals surface area contributed by atoms with Crippen molar-refractivity contribution in [2.24, 2.45) is 23.3 Å². The predicted molar refractivity (Wildman–Crippen MR) is 147 cm³/mol. The number of amides is 2. The van der Waals surface area contributed by atoms with Gasteiger partial charge in [-0.05, 0) is 62.3 Å². The number of nitrogens with two attached hydrogens (primary N) is 2. The summed E-state index contributed by atoms with van der Waals surface area (Å²) in [5, 5.41) is 10.7. The van der Waals surface area contributed by atoms with Crippen LogP contribution in [0.4, 0.5) is 13.2 Å². The molecule has 2 aromatic carbocycles. The first-order valence-electron chi connectivity index (χ1n) is 12.9. The van der Waals surface area contributed by atoms with Crippen molar-refractivity contribution >= 4 is 29.4 Å². The minimum Gasteiger partial charge on any atom is -0.475 e. The average Bonchev–Trinajstić information content (AvgIpc) is 3.34. The molecule has 0 unspecified atom stereocenters. The number of imidazole rings is 1. The van der Waals surface area contributed by atoms with Crippen molar-refractivity contribution < 1.29 is 32.7 Å². The van der Waals surface area contributed by atoms with Crippen LogP contribution in [0.5, 0.6) is 0 Å². The Morgan fingerprint density at radius 3 is 2.15 bits per heavy atom. The van der Waals surface area contributed by atoms with E-state index < -0.39 is 18.1 Å². The van der Waals surface area contributed by atoms with E-state index in [1.54, 1.807) is 24.3 Å². The minimum atomic E-state index is -5.08. The highest BCUT2D eigenvalue weighted by atomic mass is 35.5. The molecule has 1 aliphatic carbocycles. The Labute approximate surface area is 239 Å². The van der Waals surface area contributed by atoms with Gasteiger partial charge in [-0.3, -0.25) is 9.59 Å². The summed E-state index contributed by atoms with van der Waals surface area (Å²) >= 11 is 6.51. The van der Waals surface area contributed by atoms with Gasteiger partial charge in [-0.25, -0.2) is 9.78 Å². The summed E-state index contributed by atoms with van der Waals surface area (Å²) in [5.74, 6) is -2.13. The van der Waals surface area contributed by atoms with Crippen LogP contribution in [0.1, 0.15) is 53.5 Å². The van der Waals surface area contributed by atoms with Crippen LogP contribution in [-0.4, -0.2) is 45.6 Å². The number of carboxylic acids is 1. The number of benzene rings is 2. The first-order valence-corrected chi connectivity index (χ1v) is 13.3. The molecule has 0 radical (unpaired) electrons. The number of aliphatic carboxylic acids is 1. The third-order valence-electron chi connectivity index (χ3n) is 6.84. The molecule has 1 saturated carbocycles. The van der Waals surface area contributed by atoms with E-state index in [1.165, 1.54) is 0 Å². The van der Waals surface area contributed by atoms with E-state index in [1.807, 2.05) is 30.3 Å². The normalized spacial score (nSPS) is 17.6. The topological polar surface area (TPSA) is 164 Å². The molecule has 4 rings (SSSR count). The quantitative estimate of drug-likeness (QED) is 0.256. The molecule has 41 heavy (non-hydrogen) atoms. The molecular weight excluding hydrogens is 563 g/mol. The second-order valence-corrected chi connectivity index (χ2v) is 10.1. The molecule has 9 nitrogen and oxygen atoms in total. The monoisotopic (exact) mass is 593 g/mol. The zero-order valence-corrected chi connectivity index (χ0v) is 22.7. The highest BCUT2D eigenvalue weighted by Crippen LogP contribution is 2.31. The first-order chi connectivity index (χ1) is 19.4. The molecule has 13 heteroatoms. The van der Waals surface area contributed by atoms with Crippen LogP contribution in [0.25, 0.3) is 11.3 Å². The highest BCUT2D eigenvalue weighted by molar-refractivity contribution is 6.31. The van der Waals surface area contributed by atoms with E-state index in [4.69, 9.17) is 38.0 Å². The van der Waals surface area contributed by atoms with Crippen molar-refractivity contribution in [2.45, 2.75) is 44.3 Å². The molecular formula is C28H31ClF3N5O4. The first kappa shape index (κ1) is 31.6. The number of hydrogen-bond donors (Lipinski definition) is 5. The molecule has 1 atom stereocenters. The van der Waals surface area contributed by atoms with Crippen LogP contribution < -0.4 is 16.8 Å². The van der Waals surface area contributed by atoms with Gasteiger partial charge in [-0.15, -0.1) is 0 Å². The zero-order valence-electron chi connectivity index (χ0n) is 22.0. The number of primary amides is 1. The molecule has 1 aromatic heterocycles. The van der Waals surface area contributed by atoms with Crippen LogP contribution in [0.2, 0.25) is 5.15 Å². The summed E-state index contributed by atoms with van der Waals surface area (Å²) in [6.45, 7) is 0.680. The zero-order chi connectivity index (χ0) is 30.2. The number of nitrogens with zero attached hydrogens (tertiary/aromatic N) is 1. The summed E-state index contributed by atoms with van der Waals surface area (Å²) in [5.41, 5.74) is 14.0. The fourth-order valence-corrected chi connectivity index (χ4v) is 4.78. The van der Waals surface area contributed by atoms with E-state index in [0.29, 0.717) is 41.1 Å². The maximum atomic E-state index is 13.2. The summed E-state index contributed by atoms with van der Waals surface area (Å²) in [6, 6.07) is 16.4. The van der Waals surface area contributed by atoms with Gasteiger partial charge < -0.3 is 26.9 Å². The third-order valence-corrected chi connectivity index (χ3v) is 7.12. The molecule has 1 heterocycles. The van der Waals surface area contributed by atoms with E-state index >= 15 is 0 Å². The molecule has 0 aliphatic heterocycles. The Morgan fingerprint density at radius 1 is 1.05 bits per heavy atom. The van der Waals surface area contributed by atoms with Crippen molar-refractivity contribution in [2.75, 3.05) is 6.54 Å². The predicted octanol–water partition coefficient (Wildman–Crippen LogP) is 4.63. The number of nitrogens with one attached hydrogen (secondary N) is 2. The van der Waals surface area contributed by atoms with Crippen LogP contribution in [0, 0.1) is 11.8 Å². The lowest BCUT2D eigenvalue weighted by Crippen LogP contribution is -2.37. The number of aromatic nitrogens is 2. The van der Waals surface area contributed by atoms with Crippen LogP contribution in [0.3, 0.4) is 0 Å². The third kappa shape index (κ3) is 9.05. The van der Waals surface area contributed by atoms with Crippen molar-refractivity contribution in [1.29, 1.82) is 0 Å². The molecule has 2 amide bonds. The van der Waals surface area contributed by atoms with Crippen molar-refractivity contribution in [3.05, 3.63) is 76.7 Å². The largest absolute Gasteiger partial charge is 0.490 e. The minimum absolute atomic E-state index is 0.0210.